The Labute approximate surface area is 152 Å². The minimum atomic E-state index is -0.675. The number of furan rings is 1. The van der Waals surface area contributed by atoms with Gasteiger partial charge in [-0.2, -0.15) is 0 Å². The first-order valence-corrected chi connectivity index (χ1v) is 9.52. The van der Waals surface area contributed by atoms with Crippen LogP contribution in [0.2, 0.25) is 0 Å². The van der Waals surface area contributed by atoms with Gasteiger partial charge in [0.15, 0.2) is 5.76 Å². The highest BCUT2D eigenvalue weighted by atomic mass is 32.1. The van der Waals surface area contributed by atoms with Crippen molar-refractivity contribution in [2.45, 2.75) is 13.8 Å². The first kappa shape index (κ1) is 17.4. The molecule has 25 heavy (non-hydrogen) atoms. The number of ether oxygens (including phenoxy) is 2. The van der Waals surface area contributed by atoms with Crippen molar-refractivity contribution in [2.75, 3.05) is 13.2 Å². The lowest BCUT2D eigenvalue weighted by Crippen LogP contribution is -2.12. The molecule has 7 heteroatoms. The van der Waals surface area contributed by atoms with Gasteiger partial charge >= 0.3 is 11.9 Å². The second kappa shape index (κ2) is 7.67. The zero-order chi connectivity index (χ0) is 17.8. The molecule has 3 heterocycles. The number of carbonyl (C=O) groups is 2. The third-order valence-electron chi connectivity index (χ3n) is 3.36. The van der Waals surface area contributed by atoms with Crippen molar-refractivity contribution >= 4 is 34.6 Å². The Hall–Kier alpha value is -2.38. The maximum absolute atomic E-state index is 12.6. The molecule has 0 spiro atoms. The summed E-state index contributed by atoms with van der Waals surface area (Å²) in [4.78, 5) is 26.6. The number of carbonyl (C=O) groups excluding carboxylic acids is 2. The summed E-state index contributed by atoms with van der Waals surface area (Å²) in [7, 11) is 0. The summed E-state index contributed by atoms with van der Waals surface area (Å²) in [6, 6.07) is 7.52. The van der Waals surface area contributed by atoms with Crippen molar-refractivity contribution in [3.05, 3.63) is 46.3 Å². The number of esters is 2. The lowest BCUT2D eigenvalue weighted by atomic mass is 10.1. The zero-order valence-electron chi connectivity index (χ0n) is 13.7. The van der Waals surface area contributed by atoms with Gasteiger partial charge in [-0.1, -0.05) is 12.1 Å². The van der Waals surface area contributed by atoms with Crippen molar-refractivity contribution < 1.29 is 23.5 Å². The Morgan fingerprint density at radius 2 is 1.56 bits per heavy atom. The molecule has 0 aliphatic heterocycles. The smallest absolute Gasteiger partial charge is 0.375 e. The van der Waals surface area contributed by atoms with Gasteiger partial charge in [0.25, 0.3) is 0 Å². The molecule has 0 fully saturated rings. The minimum Gasteiger partial charge on any atom is -0.462 e. The van der Waals surface area contributed by atoms with Gasteiger partial charge in [0, 0.05) is 4.88 Å². The van der Waals surface area contributed by atoms with Crippen LogP contribution in [0.1, 0.15) is 34.8 Å². The molecule has 130 valence electrons. The van der Waals surface area contributed by atoms with Crippen LogP contribution in [-0.4, -0.2) is 25.2 Å². The normalized spacial score (nSPS) is 10.6. The molecule has 0 radical (unpaired) electrons. The molecule has 5 nitrogen and oxygen atoms in total. The molecule has 3 aromatic rings. The predicted octanol–water partition coefficient (Wildman–Crippen LogP) is 5.09. The standard InChI is InChI=1S/C18H16O5S2/c1-3-21-17(19)14-13(11-7-5-9-24-11)15(12-8-6-10-25-12)23-16(14)18(20)22-4-2/h5-10H,3-4H2,1-2H3. The summed E-state index contributed by atoms with van der Waals surface area (Å²) in [6.45, 7) is 3.80. The van der Waals surface area contributed by atoms with E-state index in [4.69, 9.17) is 13.9 Å². The molecule has 0 N–H and O–H groups in total. The summed E-state index contributed by atoms with van der Waals surface area (Å²) in [5.41, 5.74) is 0.685. The van der Waals surface area contributed by atoms with Crippen LogP contribution in [-0.2, 0) is 9.47 Å². The third-order valence-corrected chi connectivity index (χ3v) is 5.12. The zero-order valence-corrected chi connectivity index (χ0v) is 15.4. The molecule has 0 aliphatic rings. The van der Waals surface area contributed by atoms with E-state index in [1.165, 1.54) is 22.7 Å². The minimum absolute atomic E-state index is 0.117. The molecule has 0 amide bonds. The average molecular weight is 376 g/mol. The van der Waals surface area contributed by atoms with E-state index in [2.05, 4.69) is 0 Å². The van der Waals surface area contributed by atoms with Crippen molar-refractivity contribution in [3.8, 4) is 21.1 Å². The van der Waals surface area contributed by atoms with Gasteiger partial charge in [-0.3, -0.25) is 0 Å². The molecule has 3 aromatic heterocycles. The van der Waals surface area contributed by atoms with E-state index in [0.717, 1.165) is 9.75 Å². The average Bonchev–Trinajstić information content (AvgIpc) is 3.33. The van der Waals surface area contributed by atoms with Crippen molar-refractivity contribution in [3.63, 3.8) is 0 Å². The molecular formula is C18H16O5S2. The number of rotatable bonds is 6. The summed E-state index contributed by atoms with van der Waals surface area (Å²) >= 11 is 2.93. The van der Waals surface area contributed by atoms with Gasteiger partial charge in [-0.15, -0.1) is 22.7 Å². The molecule has 0 unspecified atom stereocenters. The van der Waals surface area contributed by atoms with Gasteiger partial charge < -0.3 is 13.9 Å². The summed E-state index contributed by atoms with van der Waals surface area (Å²) in [6.07, 6.45) is 0. The molecule has 0 aromatic carbocycles. The third kappa shape index (κ3) is 3.38. The van der Waals surface area contributed by atoms with Crippen LogP contribution in [0.4, 0.5) is 0 Å². The molecule has 3 rings (SSSR count). The second-order valence-electron chi connectivity index (χ2n) is 4.91. The fourth-order valence-corrected chi connectivity index (χ4v) is 3.89. The Morgan fingerprint density at radius 3 is 2.12 bits per heavy atom. The maximum atomic E-state index is 12.6. The van der Waals surface area contributed by atoms with E-state index in [1.807, 2.05) is 35.0 Å². The quantitative estimate of drug-likeness (QED) is 0.561. The van der Waals surface area contributed by atoms with Crippen LogP contribution in [0.15, 0.2) is 39.4 Å². The monoisotopic (exact) mass is 376 g/mol. The van der Waals surface area contributed by atoms with Crippen molar-refractivity contribution in [2.24, 2.45) is 0 Å². The topological polar surface area (TPSA) is 65.7 Å². The Morgan fingerprint density at radius 1 is 0.960 bits per heavy atom. The number of hydrogen-bond acceptors (Lipinski definition) is 7. The van der Waals surface area contributed by atoms with Crippen LogP contribution in [0.5, 0.6) is 0 Å². The fourth-order valence-electron chi connectivity index (χ4n) is 2.41. The summed E-state index contributed by atoms with van der Waals surface area (Å²) in [5, 5.41) is 3.81. The largest absolute Gasteiger partial charge is 0.462 e. The molecule has 0 saturated heterocycles. The van der Waals surface area contributed by atoms with Crippen LogP contribution >= 0.6 is 22.7 Å². The molecular weight excluding hydrogens is 360 g/mol. The molecule has 0 saturated carbocycles. The Bertz CT molecular complexity index is 860. The highest BCUT2D eigenvalue weighted by Crippen LogP contribution is 2.43. The Balaban J connectivity index is 2.27. The van der Waals surface area contributed by atoms with Crippen LogP contribution in [0, 0.1) is 0 Å². The first-order valence-electron chi connectivity index (χ1n) is 7.76. The van der Waals surface area contributed by atoms with Crippen molar-refractivity contribution in [1.29, 1.82) is 0 Å². The van der Waals surface area contributed by atoms with E-state index in [9.17, 15) is 9.59 Å². The summed E-state index contributed by atoms with van der Waals surface area (Å²) < 4.78 is 16.1. The van der Waals surface area contributed by atoms with Crippen LogP contribution in [0.3, 0.4) is 0 Å². The lowest BCUT2D eigenvalue weighted by molar-refractivity contribution is 0.0453. The predicted molar refractivity (Wildman–Crippen MR) is 97.2 cm³/mol. The van der Waals surface area contributed by atoms with Crippen molar-refractivity contribution in [1.82, 2.24) is 0 Å². The molecule has 0 aliphatic carbocycles. The SMILES string of the molecule is CCOC(=O)c1oc(-c2cccs2)c(-c2cccs2)c1C(=O)OCC. The summed E-state index contributed by atoms with van der Waals surface area (Å²) in [5.74, 6) is -0.915. The molecule has 0 atom stereocenters. The fraction of sp³-hybridized carbons (Fsp3) is 0.222. The van der Waals surface area contributed by atoms with E-state index >= 15 is 0 Å². The number of hydrogen-bond donors (Lipinski definition) is 0. The van der Waals surface area contributed by atoms with Gasteiger partial charge in [0.1, 0.15) is 5.56 Å². The lowest BCUT2D eigenvalue weighted by Gasteiger charge is -2.05. The highest BCUT2D eigenvalue weighted by molar-refractivity contribution is 7.14. The van der Waals surface area contributed by atoms with E-state index in [-0.39, 0.29) is 24.5 Å². The van der Waals surface area contributed by atoms with E-state index in [1.54, 1.807) is 13.8 Å². The van der Waals surface area contributed by atoms with Gasteiger partial charge in [0.05, 0.1) is 23.7 Å². The van der Waals surface area contributed by atoms with Crippen LogP contribution in [0.25, 0.3) is 21.1 Å². The maximum Gasteiger partial charge on any atom is 0.375 e. The number of thiophene rings is 2. The second-order valence-corrected chi connectivity index (χ2v) is 6.80. The van der Waals surface area contributed by atoms with Gasteiger partial charge in [-0.25, -0.2) is 9.59 Å². The highest BCUT2D eigenvalue weighted by Gasteiger charge is 2.33. The van der Waals surface area contributed by atoms with Gasteiger partial charge in [0.2, 0.25) is 5.76 Å². The van der Waals surface area contributed by atoms with Gasteiger partial charge in [-0.05, 0) is 36.7 Å². The van der Waals surface area contributed by atoms with E-state index in [0.29, 0.717) is 11.3 Å². The van der Waals surface area contributed by atoms with Crippen LogP contribution < -0.4 is 0 Å². The van der Waals surface area contributed by atoms with E-state index < -0.39 is 11.9 Å². The Kier molecular flexibility index (Phi) is 5.35. The first-order chi connectivity index (χ1) is 12.2. The molecule has 0 bridgehead atoms.